The van der Waals surface area contributed by atoms with E-state index in [-0.39, 0.29) is 24.6 Å². The van der Waals surface area contributed by atoms with Gasteiger partial charge in [-0.15, -0.1) is 0 Å². The zero-order valence-corrected chi connectivity index (χ0v) is 13.9. The van der Waals surface area contributed by atoms with Crippen LogP contribution in [0.5, 0.6) is 0 Å². The summed E-state index contributed by atoms with van der Waals surface area (Å²) in [6.07, 6.45) is 6.60. The highest BCUT2D eigenvalue weighted by Gasteiger charge is 2.24. The quantitative estimate of drug-likeness (QED) is 0.630. The number of aliphatic hydroxyl groups excluding tert-OH is 1. The number of likely N-dealkylation sites (N-methyl/N-ethyl adjacent to an activating group) is 1. The van der Waals surface area contributed by atoms with Crippen LogP contribution in [0, 0.1) is 5.92 Å². The Labute approximate surface area is 129 Å². The molecule has 0 aliphatic heterocycles. The van der Waals surface area contributed by atoms with Crippen molar-refractivity contribution >= 4 is 6.03 Å². The van der Waals surface area contributed by atoms with Gasteiger partial charge in [-0.1, -0.05) is 26.2 Å². The number of hydrogen-bond acceptors (Lipinski definition) is 3. The van der Waals surface area contributed by atoms with Crippen LogP contribution in [0.4, 0.5) is 4.79 Å². The molecule has 0 spiro atoms. The second-order valence-electron chi connectivity index (χ2n) is 6.33. The summed E-state index contributed by atoms with van der Waals surface area (Å²) < 4.78 is 0. The standard InChI is InChI=1S/C16H33N3O2/c1-4-13(2)19(3)11-10-17-16(21)18-15-9-7-5-6-8-14(15)12-20/h13-15,20H,4-12H2,1-3H3,(H2,17,18,21). The molecule has 5 nitrogen and oxygen atoms in total. The summed E-state index contributed by atoms with van der Waals surface area (Å²) in [5, 5.41) is 15.4. The molecular weight excluding hydrogens is 266 g/mol. The van der Waals surface area contributed by atoms with Gasteiger partial charge in [0.2, 0.25) is 0 Å². The number of carbonyl (C=O) groups is 1. The van der Waals surface area contributed by atoms with E-state index in [9.17, 15) is 9.90 Å². The Bertz CT molecular complexity index is 299. The average Bonchev–Trinajstić information content (AvgIpc) is 2.71. The van der Waals surface area contributed by atoms with Gasteiger partial charge in [0.05, 0.1) is 0 Å². The minimum Gasteiger partial charge on any atom is -0.396 e. The van der Waals surface area contributed by atoms with Gasteiger partial charge >= 0.3 is 6.03 Å². The van der Waals surface area contributed by atoms with Gasteiger partial charge in [0, 0.05) is 37.7 Å². The summed E-state index contributed by atoms with van der Waals surface area (Å²) in [5.41, 5.74) is 0. The molecule has 1 aliphatic rings. The average molecular weight is 299 g/mol. The maximum Gasteiger partial charge on any atom is 0.315 e. The molecule has 3 N–H and O–H groups in total. The van der Waals surface area contributed by atoms with E-state index in [0.717, 1.165) is 38.6 Å². The third-order valence-corrected chi connectivity index (χ3v) is 4.80. The highest BCUT2D eigenvalue weighted by molar-refractivity contribution is 5.74. The van der Waals surface area contributed by atoms with Gasteiger partial charge in [0.15, 0.2) is 0 Å². The van der Waals surface area contributed by atoms with Crippen LogP contribution < -0.4 is 10.6 Å². The fourth-order valence-electron chi connectivity index (χ4n) is 2.89. The smallest absolute Gasteiger partial charge is 0.315 e. The zero-order chi connectivity index (χ0) is 15.7. The van der Waals surface area contributed by atoms with Crippen LogP contribution in [0.15, 0.2) is 0 Å². The molecule has 0 radical (unpaired) electrons. The van der Waals surface area contributed by atoms with E-state index >= 15 is 0 Å². The van der Waals surface area contributed by atoms with Crippen LogP contribution in [0.1, 0.15) is 52.4 Å². The highest BCUT2D eigenvalue weighted by Crippen LogP contribution is 2.23. The molecule has 2 amide bonds. The Morgan fingerprint density at radius 2 is 2.05 bits per heavy atom. The first kappa shape index (κ1) is 18.2. The lowest BCUT2D eigenvalue weighted by Crippen LogP contribution is -2.47. The van der Waals surface area contributed by atoms with Crippen LogP contribution in [0.3, 0.4) is 0 Å². The molecule has 0 aromatic carbocycles. The van der Waals surface area contributed by atoms with E-state index in [1.165, 1.54) is 6.42 Å². The second kappa shape index (κ2) is 10.0. The van der Waals surface area contributed by atoms with Gasteiger partial charge in [0.25, 0.3) is 0 Å². The number of hydrogen-bond donors (Lipinski definition) is 3. The molecule has 124 valence electrons. The molecule has 0 aromatic heterocycles. The molecule has 21 heavy (non-hydrogen) atoms. The van der Waals surface area contributed by atoms with E-state index in [4.69, 9.17) is 0 Å². The molecule has 1 rings (SSSR count). The van der Waals surface area contributed by atoms with Crippen molar-refractivity contribution in [3.63, 3.8) is 0 Å². The highest BCUT2D eigenvalue weighted by atomic mass is 16.3. The second-order valence-corrected chi connectivity index (χ2v) is 6.33. The summed E-state index contributed by atoms with van der Waals surface area (Å²) in [6, 6.07) is 0.554. The summed E-state index contributed by atoms with van der Waals surface area (Å²) in [7, 11) is 2.08. The Kier molecular flexibility index (Phi) is 8.69. The van der Waals surface area contributed by atoms with Crippen molar-refractivity contribution < 1.29 is 9.90 Å². The van der Waals surface area contributed by atoms with Crippen molar-refractivity contribution in [3.8, 4) is 0 Å². The SMILES string of the molecule is CCC(C)N(C)CCNC(=O)NC1CCCCCC1CO. The van der Waals surface area contributed by atoms with Crippen LogP contribution in [0.25, 0.3) is 0 Å². The third-order valence-electron chi connectivity index (χ3n) is 4.80. The lowest BCUT2D eigenvalue weighted by atomic mass is 9.96. The summed E-state index contributed by atoms with van der Waals surface area (Å²) in [5.74, 6) is 0.209. The molecule has 0 saturated heterocycles. The molecule has 0 bridgehead atoms. The Hall–Kier alpha value is -0.810. The fraction of sp³-hybridized carbons (Fsp3) is 0.938. The Balaban J connectivity index is 2.28. The lowest BCUT2D eigenvalue weighted by molar-refractivity contribution is 0.178. The summed E-state index contributed by atoms with van der Waals surface area (Å²) in [6.45, 7) is 6.04. The van der Waals surface area contributed by atoms with Crippen LogP contribution in [-0.2, 0) is 0 Å². The van der Waals surface area contributed by atoms with E-state index in [1.54, 1.807) is 0 Å². The van der Waals surface area contributed by atoms with E-state index in [0.29, 0.717) is 12.6 Å². The van der Waals surface area contributed by atoms with Crippen molar-refractivity contribution in [2.75, 3.05) is 26.7 Å². The number of aliphatic hydroxyl groups is 1. The van der Waals surface area contributed by atoms with Crippen LogP contribution in [0.2, 0.25) is 0 Å². The lowest BCUT2D eigenvalue weighted by Gasteiger charge is -2.26. The van der Waals surface area contributed by atoms with Gasteiger partial charge in [-0.25, -0.2) is 4.79 Å². The molecule has 0 heterocycles. The van der Waals surface area contributed by atoms with Gasteiger partial charge in [-0.05, 0) is 33.2 Å². The van der Waals surface area contributed by atoms with Crippen molar-refractivity contribution in [1.29, 1.82) is 0 Å². The zero-order valence-electron chi connectivity index (χ0n) is 13.9. The first-order valence-electron chi connectivity index (χ1n) is 8.44. The number of carbonyl (C=O) groups excluding carboxylic acids is 1. The topological polar surface area (TPSA) is 64.6 Å². The first-order valence-corrected chi connectivity index (χ1v) is 8.44. The normalized spacial score (nSPS) is 24.4. The van der Waals surface area contributed by atoms with E-state index < -0.39 is 0 Å². The molecule has 1 aliphatic carbocycles. The fourth-order valence-corrected chi connectivity index (χ4v) is 2.89. The van der Waals surface area contributed by atoms with E-state index in [1.807, 2.05) is 0 Å². The van der Waals surface area contributed by atoms with Crippen LogP contribution >= 0.6 is 0 Å². The maximum atomic E-state index is 12.0. The summed E-state index contributed by atoms with van der Waals surface area (Å²) in [4.78, 5) is 14.2. The maximum absolute atomic E-state index is 12.0. The molecule has 1 fully saturated rings. The number of urea groups is 1. The monoisotopic (exact) mass is 299 g/mol. The summed E-state index contributed by atoms with van der Waals surface area (Å²) >= 11 is 0. The van der Waals surface area contributed by atoms with Gasteiger partial charge in [0.1, 0.15) is 0 Å². The Morgan fingerprint density at radius 1 is 1.33 bits per heavy atom. The molecular formula is C16H33N3O2. The molecule has 3 atom stereocenters. The molecule has 0 aromatic rings. The molecule has 1 saturated carbocycles. The van der Waals surface area contributed by atoms with Crippen LogP contribution in [-0.4, -0.2) is 54.9 Å². The third kappa shape index (κ3) is 6.66. The number of nitrogens with zero attached hydrogens (tertiary/aromatic N) is 1. The van der Waals surface area contributed by atoms with Gasteiger partial charge < -0.3 is 20.6 Å². The van der Waals surface area contributed by atoms with Gasteiger partial charge in [-0.2, -0.15) is 0 Å². The van der Waals surface area contributed by atoms with Crippen molar-refractivity contribution in [1.82, 2.24) is 15.5 Å². The van der Waals surface area contributed by atoms with Crippen molar-refractivity contribution in [2.24, 2.45) is 5.92 Å². The number of rotatable bonds is 7. The number of nitrogens with one attached hydrogen (secondary N) is 2. The van der Waals surface area contributed by atoms with E-state index in [2.05, 4.69) is 36.4 Å². The molecule has 3 unspecified atom stereocenters. The largest absolute Gasteiger partial charge is 0.396 e. The molecule has 5 heteroatoms. The predicted octanol–water partition coefficient (Wildman–Crippen LogP) is 1.96. The minimum atomic E-state index is -0.0992. The Morgan fingerprint density at radius 3 is 2.71 bits per heavy atom. The first-order chi connectivity index (χ1) is 10.1. The van der Waals surface area contributed by atoms with Gasteiger partial charge in [-0.3, -0.25) is 0 Å². The predicted molar refractivity (Wildman–Crippen MR) is 86.4 cm³/mol. The number of amides is 2. The minimum absolute atomic E-state index is 0.0992. The van der Waals surface area contributed by atoms with Crippen molar-refractivity contribution in [3.05, 3.63) is 0 Å². The van der Waals surface area contributed by atoms with Crippen molar-refractivity contribution in [2.45, 2.75) is 64.5 Å².